The third-order valence-corrected chi connectivity index (χ3v) is 8.23. The van der Waals surface area contributed by atoms with E-state index in [2.05, 4.69) is 49.2 Å². The van der Waals surface area contributed by atoms with Crippen LogP contribution < -0.4 is 4.90 Å². The number of aliphatic hydroxyl groups is 1. The molecule has 10 heteroatoms. The number of rotatable bonds is 8. The molecule has 226 valence electrons. The highest BCUT2D eigenvalue weighted by atomic mass is 79.9. The van der Waals surface area contributed by atoms with Crippen LogP contribution in [0.25, 0.3) is 22.9 Å². The van der Waals surface area contributed by atoms with Crippen LogP contribution >= 0.6 is 15.9 Å². The van der Waals surface area contributed by atoms with Gasteiger partial charge in [0, 0.05) is 55.3 Å². The molecule has 2 aromatic carbocycles. The lowest BCUT2D eigenvalue weighted by atomic mass is 9.90. The Morgan fingerprint density at radius 3 is 2.62 bits per heavy atom. The number of aliphatic hydroxyl groups excluding tert-OH is 1. The molecule has 1 unspecified atom stereocenters. The van der Waals surface area contributed by atoms with Gasteiger partial charge >= 0.3 is 6.09 Å². The molecule has 1 aromatic heterocycles. The van der Waals surface area contributed by atoms with E-state index in [1.807, 2.05) is 49.9 Å². The zero-order chi connectivity index (χ0) is 29.7. The summed E-state index contributed by atoms with van der Waals surface area (Å²) in [5.74, 6) is 1.16. The summed E-state index contributed by atoms with van der Waals surface area (Å²) in [5, 5.41) is 17.9. The predicted octanol–water partition coefficient (Wildman–Crippen LogP) is 6.65. The van der Waals surface area contributed by atoms with Crippen LogP contribution in [-0.2, 0) is 9.47 Å². The van der Waals surface area contributed by atoms with E-state index in [4.69, 9.17) is 19.0 Å². The van der Waals surface area contributed by atoms with Crippen molar-refractivity contribution >= 4 is 27.7 Å². The Morgan fingerprint density at radius 2 is 1.86 bits per heavy atom. The average molecular weight is 642 g/mol. The fourth-order valence-corrected chi connectivity index (χ4v) is 5.99. The summed E-state index contributed by atoms with van der Waals surface area (Å²) in [6.07, 6.45) is 4.40. The maximum atomic E-state index is 12.7. The molecule has 0 spiro atoms. The molecule has 5 rings (SSSR count). The van der Waals surface area contributed by atoms with Crippen molar-refractivity contribution in [2.24, 2.45) is 0 Å². The molecule has 0 saturated carbocycles. The van der Waals surface area contributed by atoms with Gasteiger partial charge in [0.2, 0.25) is 11.8 Å². The molecule has 1 N–H and O–H groups in total. The van der Waals surface area contributed by atoms with Crippen molar-refractivity contribution in [1.82, 2.24) is 15.1 Å². The van der Waals surface area contributed by atoms with Gasteiger partial charge in [-0.05, 0) is 88.8 Å². The number of halogens is 1. The minimum Gasteiger partial charge on any atom is -0.444 e. The van der Waals surface area contributed by atoms with Crippen LogP contribution in [0.3, 0.4) is 0 Å². The molecule has 2 fully saturated rings. The number of nitrogens with zero attached hydrogens (tertiary/aromatic N) is 4. The van der Waals surface area contributed by atoms with Gasteiger partial charge < -0.3 is 28.8 Å². The largest absolute Gasteiger partial charge is 0.444 e. The monoisotopic (exact) mass is 640 g/mol. The highest BCUT2D eigenvalue weighted by Crippen LogP contribution is 2.36. The van der Waals surface area contributed by atoms with Gasteiger partial charge in [0.25, 0.3) is 0 Å². The van der Waals surface area contributed by atoms with Crippen LogP contribution in [-0.4, -0.2) is 77.4 Å². The Labute approximate surface area is 256 Å². The van der Waals surface area contributed by atoms with E-state index in [-0.39, 0.29) is 24.7 Å². The van der Waals surface area contributed by atoms with Crippen molar-refractivity contribution in [3.63, 3.8) is 0 Å². The van der Waals surface area contributed by atoms with Gasteiger partial charge in [0.15, 0.2) is 0 Å². The predicted molar refractivity (Wildman–Crippen MR) is 166 cm³/mol. The Kier molecular flexibility index (Phi) is 9.85. The molecule has 3 heterocycles. The molecule has 2 aliphatic rings. The normalized spacial score (nSPS) is 18.4. The van der Waals surface area contributed by atoms with Crippen molar-refractivity contribution in [1.29, 1.82) is 0 Å². The summed E-state index contributed by atoms with van der Waals surface area (Å²) in [7, 11) is 0. The van der Waals surface area contributed by atoms with Crippen molar-refractivity contribution < 1.29 is 23.8 Å². The third kappa shape index (κ3) is 7.71. The number of ether oxygens (including phenoxy) is 2. The molecule has 42 heavy (non-hydrogen) atoms. The number of hydrogen-bond donors (Lipinski definition) is 1. The standard InChI is InChI=1S/C32H41BrN4O5/c1-32(2,3)42-31(39)37-14-5-9-24(21-37)22-7-4-8-23(19-22)29-34-35-30(41-29)27-11-10-25(33)20-28(27)36-15-12-26(13-16-36)40-18-6-17-38/h4,7-8,10-11,19-20,24,26,38H,5-6,9,12-18,21H2,1-3H3. The molecular weight excluding hydrogens is 600 g/mol. The molecule has 2 saturated heterocycles. The number of amides is 1. The molecular formula is C32H41BrN4O5. The maximum Gasteiger partial charge on any atom is 0.410 e. The number of carbonyl (C=O) groups is 1. The van der Waals surface area contributed by atoms with Crippen LogP contribution in [0.15, 0.2) is 51.4 Å². The highest BCUT2D eigenvalue weighted by Gasteiger charge is 2.29. The third-order valence-electron chi connectivity index (χ3n) is 7.73. The summed E-state index contributed by atoms with van der Waals surface area (Å²) < 4.78 is 18.8. The number of anilines is 1. The molecule has 0 aliphatic carbocycles. The van der Waals surface area contributed by atoms with Crippen LogP contribution in [0, 0.1) is 0 Å². The van der Waals surface area contributed by atoms with E-state index in [1.54, 1.807) is 0 Å². The van der Waals surface area contributed by atoms with Crippen molar-refractivity contribution in [3.8, 4) is 22.9 Å². The van der Waals surface area contributed by atoms with Crippen molar-refractivity contribution in [2.45, 2.75) is 70.5 Å². The van der Waals surface area contributed by atoms with Gasteiger partial charge in [-0.3, -0.25) is 0 Å². The van der Waals surface area contributed by atoms with E-state index in [1.165, 1.54) is 0 Å². The number of piperidine rings is 2. The number of carbonyl (C=O) groups excluding carboxylic acids is 1. The van der Waals surface area contributed by atoms with Crippen LogP contribution in [0.4, 0.5) is 10.5 Å². The van der Waals surface area contributed by atoms with Crippen molar-refractivity contribution in [3.05, 3.63) is 52.5 Å². The molecule has 1 atom stereocenters. The van der Waals surface area contributed by atoms with Crippen LogP contribution in [0.2, 0.25) is 0 Å². The second-order valence-electron chi connectivity index (χ2n) is 12.1. The quantitative estimate of drug-likeness (QED) is 0.273. The van der Waals surface area contributed by atoms with E-state index in [0.717, 1.165) is 65.6 Å². The summed E-state index contributed by atoms with van der Waals surface area (Å²) in [5.41, 5.74) is 3.44. The van der Waals surface area contributed by atoms with Crippen LogP contribution in [0.5, 0.6) is 0 Å². The Balaban J connectivity index is 1.30. The van der Waals surface area contributed by atoms with Gasteiger partial charge in [-0.1, -0.05) is 28.1 Å². The molecule has 0 bridgehead atoms. The second-order valence-corrected chi connectivity index (χ2v) is 13.0. The smallest absolute Gasteiger partial charge is 0.410 e. The Hall–Kier alpha value is -2.95. The molecule has 9 nitrogen and oxygen atoms in total. The lowest BCUT2D eigenvalue weighted by Crippen LogP contribution is -2.42. The Bertz CT molecular complexity index is 1350. The lowest BCUT2D eigenvalue weighted by Gasteiger charge is -2.34. The first-order chi connectivity index (χ1) is 20.2. The number of likely N-dealkylation sites (tertiary alicyclic amines) is 1. The van der Waals surface area contributed by atoms with Crippen molar-refractivity contribution in [2.75, 3.05) is 44.3 Å². The first kappa shape index (κ1) is 30.5. The summed E-state index contributed by atoms with van der Waals surface area (Å²) in [4.78, 5) is 16.9. The average Bonchev–Trinajstić information content (AvgIpc) is 3.47. The minimum atomic E-state index is -0.514. The SMILES string of the molecule is CC(C)(C)OC(=O)N1CCCC(c2cccc(-c3nnc(-c4ccc(Br)cc4N4CCC(OCCCO)CC4)o3)c2)C1. The second kappa shape index (κ2) is 13.6. The van der Waals surface area contributed by atoms with E-state index >= 15 is 0 Å². The fourth-order valence-electron chi connectivity index (χ4n) is 5.64. The van der Waals surface area contributed by atoms with E-state index in [9.17, 15) is 4.79 Å². The molecule has 3 aromatic rings. The first-order valence-corrected chi connectivity index (χ1v) is 15.7. The topological polar surface area (TPSA) is 101 Å². The summed E-state index contributed by atoms with van der Waals surface area (Å²) >= 11 is 3.63. The highest BCUT2D eigenvalue weighted by molar-refractivity contribution is 9.10. The number of benzene rings is 2. The molecule has 0 radical (unpaired) electrons. The van der Waals surface area contributed by atoms with Gasteiger partial charge in [0.1, 0.15) is 5.60 Å². The molecule has 2 aliphatic heterocycles. The van der Waals surface area contributed by atoms with Gasteiger partial charge in [-0.2, -0.15) is 0 Å². The number of aromatic nitrogens is 2. The van der Waals surface area contributed by atoms with E-state index in [0.29, 0.717) is 37.9 Å². The Morgan fingerprint density at radius 1 is 1.07 bits per heavy atom. The minimum absolute atomic E-state index is 0.157. The molecule has 1 amide bonds. The van der Waals surface area contributed by atoms with E-state index < -0.39 is 5.60 Å². The summed E-state index contributed by atoms with van der Waals surface area (Å²) in [6.45, 7) is 9.49. The van der Waals surface area contributed by atoms with Gasteiger partial charge in [-0.15, -0.1) is 10.2 Å². The fraction of sp³-hybridized carbons (Fsp3) is 0.531. The first-order valence-electron chi connectivity index (χ1n) is 14.9. The van der Waals surface area contributed by atoms with Gasteiger partial charge in [0.05, 0.1) is 17.4 Å². The zero-order valence-electron chi connectivity index (χ0n) is 24.7. The van der Waals surface area contributed by atoms with Crippen LogP contribution in [0.1, 0.15) is 64.4 Å². The lowest BCUT2D eigenvalue weighted by molar-refractivity contribution is 0.0198. The zero-order valence-corrected chi connectivity index (χ0v) is 26.3. The maximum absolute atomic E-state index is 12.7. The van der Waals surface area contributed by atoms with Gasteiger partial charge in [-0.25, -0.2) is 4.79 Å². The summed E-state index contributed by atoms with van der Waals surface area (Å²) in [6, 6.07) is 14.3. The number of hydrogen-bond acceptors (Lipinski definition) is 8.